The van der Waals surface area contributed by atoms with Crippen molar-refractivity contribution in [2.75, 3.05) is 33.3 Å². The minimum atomic E-state index is -4.48. The summed E-state index contributed by atoms with van der Waals surface area (Å²) in [6.45, 7) is 4.98. The zero-order valence-electron chi connectivity index (χ0n) is 23.0. The van der Waals surface area contributed by atoms with Gasteiger partial charge in [0.25, 0.3) is 0 Å². The molecule has 1 fully saturated rings. The van der Waals surface area contributed by atoms with Crippen LogP contribution in [0.15, 0.2) is 41.3 Å². The zero-order valence-corrected chi connectivity index (χ0v) is 23.8. The molecule has 3 N–H and O–H groups in total. The Morgan fingerprint density at radius 2 is 1.50 bits per heavy atom. The molecule has 13 heteroatoms. The van der Waals surface area contributed by atoms with Gasteiger partial charge in [0.05, 0.1) is 17.1 Å². The van der Waals surface area contributed by atoms with Crippen LogP contribution >= 0.6 is 0 Å². The summed E-state index contributed by atoms with van der Waals surface area (Å²) in [6.07, 6.45) is 4.72. The van der Waals surface area contributed by atoms with Crippen molar-refractivity contribution >= 4 is 22.0 Å². The number of carboxylic acid groups (broad SMARTS) is 2. The third-order valence-corrected chi connectivity index (χ3v) is 8.93. The van der Waals surface area contributed by atoms with Crippen molar-refractivity contribution < 1.29 is 46.5 Å². The molecule has 228 valence electrons. The van der Waals surface area contributed by atoms with Gasteiger partial charge in [-0.1, -0.05) is 26.2 Å². The number of aliphatic carboxylic acids is 2. The van der Waals surface area contributed by atoms with Gasteiger partial charge in [-0.05, 0) is 75.4 Å². The Bertz CT molecular complexity index is 1020. The average Bonchev–Trinajstić information content (AvgIpc) is 2.91. The Kier molecular flexibility index (Phi) is 15.4. The van der Waals surface area contributed by atoms with Crippen LogP contribution in [0.2, 0.25) is 0 Å². The lowest BCUT2D eigenvalue weighted by Gasteiger charge is -2.34. The molecule has 0 saturated heterocycles. The van der Waals surface area contributed by atoms with Crippen LogP contribution in [0, 0.1) is 5.92 Å². The highest BCUT2D eigenvalue weighted by molar-refractivity contribution is 7.89. The molecule has 0 radical (unpaired) electrons. The van der Waals surface area contributed by atoms with Crippen molar-refractivity contribution in [3.8, 4) is 0 Å². The summed E-state index contributed by atoms with van der Waals surface area (Å²) < 4.78 is 65.3. The molecular formula is C27H41F3N2O7S. The van der Waals surface area contributed by atoms with E-state index in [1.54, 1.807) is 0 Å². The Hall–Kier alpha value is -2.48. The van der Waals surface area contributed by atoms with Crippen LogP contribution < -0.4 is 0 Å². The number of hydrogen-bond acceptors (Lipinski definition) is 6. The van der Waals surface area contributed by atoms with Crippen molar-refractivity contribution in [2.24, 2.45) is 5.92 Å². The second-order valence-electron chi connectivity index (χ2n) is 9.73. The molecule has 40 heavy (non-hydrogen) atoms. The number of carbonyl (C=O) groups is 2. The molecular weight excluding hydrogens is 553 g/mol. The highest BCUT2D eigenvalue weighted by Crippen LogP contribution is 2.34. The number of hydrogen-bond donors (Lipinski definition) is 3. The van der Waals surface area contributed by atoms with E-state index in [1.807, 2.05) is 0 Å². The number of sulfonamides is 1. The third-order valence-electron chi connectivity index (χ3n) is 7.01. The number of carboxylic acids is 2. The van der Waals surface area contributed by atoms with Crippen molar-refractivity contribution in [3.05, 3.63) is 42.0 Å². The fourth-order valence-corrected chi connectivity index (χ4v) is 6.05. The number of nitrogens with zero attached hydrogens (tertiary/aromatic N) is 2. The molecule has 0 spiro atoms. The van der Waals surface area contributed by atoms with E-state index in [0.29, 0.717) is 18.1 Å². The molecule has 9 nitrogen and oxygen atoms in total. The number of rotatable bonds is 14. The summed E-state index contributed by atoms with van der Waals surface area (Å²) in [6, 6.07) is 3.61. The monoisotopic (exact) mass is 594 g/mol. The van der Waals surface area contributed by atoms with Gasteiger partial charge in [-0.25, -0.2) is 18.0 Å². The Morgan fingerprint density at radius 3 is 1.95 bits per heavy atom. The SMILES string of the molecule is CCN(CCO)CCCCCC1CCC(N(C)S(=O)(=O)c2ccc(C(F)(F)F)cc2)CC1.O=C(O)/C=C/C(=O)O. The van der Waals surface area contributed by atoms with E-state index in [4.69, 9.17) is 15.3 Å². The lowest BCUT2D eigenvalue weighted by atomic mass is 9.83. The van der Waals surface area contributed by atoms with Crippen molar-refractivity contribution in [2.45, 2.75) is 75.4 Å². The highest BCUT2D eigenvalue weighted by Gasteiger charge is 2.33. The van der Waals surface area contributed by atoms with Crippen molar-refractivity contribution in [1.29, 1.82) is 0 Å². The summed E-state index contributed by atoms with van der Waals surface area (Å²) in [7, 11) is -2.28. The summed E-state index contributed by atoms with van der Waals surface area (Å²) in [5, 5.41) is 24.7. The molecule has 0 aromatic heterocycles. The van der Waals surface area contributed by atoms with E-state index >= 15 is 0 Å². The fraction of sp³-hybridized carbons (Fsp3) is 0.630. The molecule has 2 rings (SSSR count). The van der Waals surface area contributed by atoms with Crippen LogP contribution in [0.5, 0.6) is 0 Å². The first-order chi connectivity index (χ1) is 18.7. The van der Waals surface area contributed by atoms with Crippen molar-refractivity contribution in [1.82, 2.24) is 9.21 Å². The smallest absolute Gasteiger partial charge is 0.416 e. The van der Waals surface area contributed by atoms with Gasteiger partial charge < -0.3 is 20.2 Å². The van der Waals surface area contributed by atoms with Gasteiger partial charge in [-0.2, -0.15) is 17.5 Å². The maximum atomic E-state index is 12.9. The van der Waals surface area contributed by atoms with E-state index in [9.17, 15) is 31.2 Å². The minimum absolute atomic E-state index is 0.0996. The number of unbranched alkanes of at least 4 members (excludes halogenated alkanes) is 2. The van der Waals surface area contributed by atoms with Crippen LogP contribution in [0.3, 0.4) is 0 Å². The van der Waals surface area contributed by atoms with E-state index < -0.39 is 33.7 Å². The molecule has 1 aromatic carbocycles. The van der Waals surface area contributed by atoms with Gasteiger partial charge in [0.2, 0.25) is 10.0 Å². The number of likely N-dealkylation sites (N-methyl/N-ethyl adjacent to an activating group) is 1. The number of benzene rings is 1. The van der Waals surface area contributed by atoms with E-state index in [2.05, 4.69) is 11.8 Å². The maximum absolute atomic E-state index is 12.9. The first kappa shape index (κ1) is 35.5. The molecule has 1 saturated carbocycles. The molecule has 0 amide bonds. The van der Waals surface area contributed by atoms with E-state index in [0.717, 1.165) is 95.3 Å². The summed E-state index contributed by atoms with van der Waals surface area (Å²) in [5.74, 6) is -1.91. The van der Waals surface area contributed by atoms with E-state index in [1.165, 1.54) is 11.4 Å². The Morgan fingerprint density at radius 1 is 0.950 bits per heavy atom. The lowest BCUT2D eigenvalue weighted by molar-refractivity contribution is -0.137. The molecule has 1 aliphatic carbocycles. The van der Waals surface area contributed by atoms with Crippen LogP contribution in [0.25, 0.3) is 0 Å². The van der Waals surface area contributed by atoms with Gasteiger partial charge in [-0.3, -0.25) is 0 Å². The first-order valence-corrected chi connectivity index (χ1v) is 14.8. The van der Waals surface area contributed by atoms with Gasteiger partial charge in [0.1, 0.15) is 0 Å². The number of halogens is 3. The van der Waals surface area contributed by atoms with Gasteiger partial charge in [0.15, 0.2) is 0 Å². The number of aliphatic hydroxyl groups excluding tert-OH is 1. The molecule has 0 atom stereocenters. The Labute approximate surface area is 234 Å². The predicted octanol–water partition coefficient (Wildman–Crippen LogP) is 4.47. The normalized spacial score (nSPS) is 18.1. The van der Waals surface area contributed by atoms with E-state index in [-0.39, 0.29) is 17.5 Å². The summed E-state index contributed by atoms with van der Waals surface area (Å²) >= 11 is 0. The summed E-state index contributed by atoms with van der Waals surface area (Å²) in [5.41, 5.74) is -0.851. The molecule has 0 unspecified atom stereocenters. The fourth-order valence-electron chi connectivity index (χ4n) is 4.63. The Balaban J connectivity index is 0.000000869. The lowest BCUT2D eigenvalue weighted by Crippen LogP contribution is -2.39. The van der Waals surface area contributed by atoms with Crippen LogP contribution in [0.1, 0.15) is 63.9 Å². The van der Waals surface area contributed by atoms with Gasteiger partial charge in [0, 0.05) is 31.8 Å². The number of alkyl halides is 3. The number of aliphatic hydroxyl groups is 1. The van der Waals surface area contributed by atoms with Crippen LogP contribution in [-0.4, -0.2) is 84.2 Å². The first-order valence-electron chi connectivity index (χ1n) is 13.3. The second-order valence-corrected chi connectivity index (χ2v) is 11.7. The molecule has 1 aliphatic rings. The highest BCUT2D eigenvalue weighted by atomic mass is 32.2. The van der Waals surface area contributed by atoms with Gasteiger partial charge in [-0.15, -0.1) is 0 Å². The topological polar surface area (TPSA) is 135 Å². The zero-order chi connectivity index (χ0) is 30.3. The summed E-state index contributed by atoms with van der Waals surface area (Å²) in [4.78, 5) is 21.3. The largest absolute Gasteiger partial charge is 0.478 e. The quantitative estimate of drug-likeness (QED) is 0.212. The maximum Gasteiger partial charge on any atom is 0.416 e. The van der Waals surface area contributed by atoms with Crippen LogP contribution in [-0.2, 0) is 25.8 Å². The minimum Gasteiger partial charge on any atom is -0.478 e. The second kappa shape index (κ2) is 17.4. The third kappa shape index (κ3) is 12.8. The predicted molar refractivity (Wildman–Crippen MR) is 144 cm³/mol. The van der Waals surface area contributed by atoms with Crippen molar-refractivity contribution in [3.63, 3.8) is 0 Å². The standard InChI is InChI=1S/C23H37F3N2O3S.C4H4O4/c1-3-28(17-18-29)16-6-4-5-7-19-8-12-21(13-9-19)27(2)32(30,31)22-14-10-20(11-15-22)23(24,25)26;5-3(6)1-2-4(7)8/h10-11,14-15,19,21,29H,3-9,12-13,16-18H2,1-2H3;1-2H,(H,5,6)(H,7,8)/b;2-1+. The van der Waals surface area contributed by atoms with Gasteiger partial charge >= 0.3 is 18.1 Å². The molecule has 1 aromatic rings. The molecule has 0 bridgehead atoms. The molecule has 0 aliphatic heterocycles. The average molecular weight is 595 g/mol. The van der Waals surface area contributed by atoms with Crippen LogP contribution in [0.4, 0.5) is 13.2 Å². The molecule has 0 heterocycles.